The Morgan fingerprint density at radius 1 is 1.18 bits per heavy atom. The lowest BCUT2D eigenvalue weighted by Gasteiger charge is -2.23. The van der Waals surface area contributed by atoms with Crippen molar-refractivity contribution < 1.29 is 18.8 Å². The third kappa shape index (κ3) is 5.91. The summed E-state index contributed by atoms with van der Waals surface area (Å²) in [5.41, 5.74) is 1.39. The summed E-state index contributed by atoms with van der Waals surface area (Å²) in [6.45, 7) is 0.290. The number of rotatable bonds is 8. The first-order valence-electron chi connectivity index (χ1n) is 10.3. The number of carbonyl (C=O) groups is 3. The fourth-order valence-electron chi connectivity index (χ4n) is 3.41. The molecule has 4 rings (SSSR count). The molecule has 4 amide bonds. The average Bonchev–Trinajstić information content (AvgIpc) is 3.19. The first-order valence-corrected chi connectivity index (χ1v) is 11.7. The van der Waals surface area contributed by atoms with Gasteiger partial charge in [-0.05, 0) is 35.9 Å². The molecule has 176 valence electrons. The van der Waals surface area contributed by atoms with E-state index < -0.39 is 17.9 Å². The first-order chi connectivity index (χ1) is 16.4. The Balaban J connectivity index is 1.48. The van der Waals surface area contributed by atoms with Gasteiger partial charge in [-0.2, -0.15) is 0 Å². The molecule has 9 nitrogen and oxygen atoms in total. The number of imide groups is 1. The monoisotopic (exact) mass is 502 g/mol. The van der Waals surface area contributed by atoms with Gasteiger partial charge in [-0.25, -0.2) is 9.18 Å². The quantitative estimate of drug-likeness (QED) is 0.407. The number of benzene rings is 2. The summed E-state index contributed by atoms with van der Waals surface area (Å²) in [7, 11) is 0. The minimum Gasteiger partial charge on any atom is -0.351 e. The fourth-order valence-corrected chi connectivity index (χ4v) is 4.41. The number of nitrogens with zero attached hydrogens (tertiary/aromatic N) is 3. The first kappa shape index (κ1) is 23.7. The van der Waals surface area contributed by atoms with Crippen LogP contribution in [0, 0.1) is 5.82 Å². The van der Waals surface area contributed by atoms with Crippen LogP contribution in [0.3, 0.4) is 0 Å². The van der Waals surface area contributed by atoms with Crippen molar-refractivity contribution in [1.82, 2.24) is 30.7 Å². The minimum absolute atomic E-state index is 0.0619. The Morgan fingerprint density at radius 2 is 1.94 bits per heavy atom. The maximum atomic E-state index is 13.5. The van der Waals surface area contributed by atoms with E-state index in [0.29, 0.717) is 28.2 Å². The molecule has 3 N–H and O–H groups in total. The van der Waals surface area contributed by atoms with Gasteiger partial charge in [0.25, 0.3) is 0 Å². The Kier molecular flexibility index (Phi) is 7.43. The molecule has 0 bridgehead atoms. The van der Waals surface area contributed by atoms with Crippen LogP contribution < -0.4 is 16.0 Å². The maximum absolute atomic E-state index is 13.5. The Labute approximate surface area is 203 Å². The molecule has 1 fully saturated rings. The molecule has 1 atom stereocenters. The number of amides is 4. The van der Waals surface area contributed by atoms with Crippen LogP contribution in [0.25, 0.3) is 5.69 Å². The summed E-state index contributed by atoms with van der Waals surface area (Å²) in [4.78, 5) is 35.8. The second-order valence-electron chi connectivity index (χ2n) is 7.49. The zero-order chi connectivity index (χ0) is 24.1. The van der Waals surface area contributed by atoms with Crippen LogP contribution in [0.1, 0.15) is 17.8 Å². The molecule has 1 aliphatic heterocycles. The van der Waals surface area contributed by atoms with Gasteiger partial charge in [0.05, 0.1) is 5.75 Å². The molecule has 2 heterocycles. The summed E-state index contributed by atoms with van der Waals surface area (Å²) in [6.07, 6.45) is 0.317. The number of urea groups is 1. The van der Waals surface area contributed by atoms with E-state index in [-0.39, 0.29) is 30.4 Å². The second-order valence-corrected chi connectivity index (χ2v) is 8.84. The van der Waals surface area contributed by atoms with E-state index in [2.05, 4.69) is 26.1 Å². The smallest absolute Gasteiger partial charge is 0.321 e. The molecule has 3 aromatic rings. The summed E-state index contributed by atoms with van der Waals surface area (Å²) >= 11 is 7.29. The average molecular weight is 503 g/mol. The normalized spacial score (nSPS) is 15.5. The van der Waals surface area contributed by atoms with Gasteiger partial charge < -0.3 is 10.6 Å². The van der Waals surface area contributed by atoms with Gasteiger partial charge in [-0.3, -0.25) is 19.5 Å². The lowest BCUT2D eigenvalue weighted by atomic mass is 10.1. The van der Waals surface area contributed by atoms with Crippen molar-refractivity contribution in [3.05, 3.63) is 70.8 Å². The molecule has 1 aromatic heterocycles. The highest BCUT2D eigenvalue weighted by atomic mass is 35.5. The topological polar surface area (TPSA) is 118 Å². The molecule has 34 heavy (non-hydrogen) atoms. The third-order valence-electron chi connectivity index (χ3n) is 5.00. The molecule has 2 aromatic carbocycles. The van der Waals surface area contributed by atoms with Crippen LogP contribution in [0.5, 0.6) is 0 Å². The molecule has 1 aliphatic rings. The van der Waals surface area contributed by atoms with Gasteiger partial charge in [0.1, 0.15) is 11.6 Å². The van der Waals surface area contributed by atoms with Crippen molar-refractivity contribution in [2.75, 3.05) is 5.75 Å². The summed E-state index contributed by atoms with van der Waals surface area (Å²) in [5.74, 6) is -0.483. The molecule has 1 saturated heterocycles. The Morgan fingerprint density at radius 3 is 2.68 bits per heavy atom. The van der Waals surface area contributed by atoms with Gasteiger partial charge in [-0.1, -0.05) is 41.6 Å². The van der Waals surface area contributed by atoms with E-state index in [9.17, 15) is 18.8 Å². The van der Waals surface area contributed by atoms with Crippen molar-refractivity contribution in [2.45, 2.75) is 30.6 Å². The summed E-state index contributed by atoms with van der Waals surface area (Å²) in [5, 5.41) is 17.1. The number of thioether (sulfide) groups is 1. The predicted molar refractivity (Wildman–Crippen MR) is 124 cm³/mol. The largest absolute Gasteiger partial charge is 0.351 e. The van der Waals surface area contributed by atoms with Crippen LogP contribution >= 0.6 is 23.4 Å². The van der Waals surface area contributed by atoms with Crippen molar-refractivity contribution >= 4 is 41.2 Å². The second kappa shape index (κ2) is 10.7. The van der Waals surface area contributed by atoms with Crippen LogP contribution in [0.4, 0.5) is 9.18 Å². The molecular weight excluding hydrogens is 483 g/mol. The van der Waals surface area contributed by atoms with Crippen molar-refractivity contribution in [1.29, 1.82) is 0 Å². The molecule has 0 saturated carbocycles. The lowest BCUT2D eigenvalue weighted by Crippen LogP contribution is -2.53. The van der Waals surface area contributed by atoms with Crippen molar-refractivity contribution in [3.63, 3.8) is 0 Å². The zero-order valence-corrected chi connectivity index (χ0v) is 19.3. The van der Waals surface area contributed by atoms with Gasteiger partial charge in [-0.15, -0.1) is 10.2 Å². The molecule has 12 heteroatoms. The third-order valence-corrected chi connectivity index (χ3v) is 6.30. The van der Waals surface area contributed by atoms with Crippen LogP contribution in [0.15, 0.2) is 53.7 Å². The lowest BCUT2D eigenvalue weighted by molar-refractivity contribution is -0.121. The number of nitrogens with one attached hydrogen (secondary N) is 3. The van der Waals surface area contributed by atoms with E-state index in [4.69, 9.17) is 11.6 Å². The van der Waals surface area contributed by atoms with Gasteiger partial charge in [0.15, 0.2) is 5.16 Å². The van der Waals surface area contributed by atoms with Crippen LogP contribution in [-0.2, 0) is 22.6 Å². The van der Waals surface area contributed by atoms with E-state index in [0.717, 1.165) is 17.3 Å². The van der Waals surface area contributed by atoms with Gasteiger partial charge in [0, 0.05) is 36.1 Å². The van der Waals surface area contributed by atoms with Gasteiger partial charge in [0.2, 0.25) is 11.8 Å². The summed E-state index contributed by atoms with van der Waals surface area (Å²) in [6, 6.07) is 11.9. The van der Waals surface area contributed by atoms with Crippen molar-refractivity contribution in [3.8, 4) is 5.69 Å². The highest BCUT2D eigenvalue weighted by molar-refractivity contribution is 7.99. The van der Waals surface area contributed by atoms with E-state index in [1.54, 1.807) is 22.8 Å². The number of aromatic nitrogens is 3. The van der Waals surface area contributed by atoms with Crippen molar-refractivity contribution in [2.24, 2.45) is 0 Å². The maximum Gasteiger partial charge on any atom is 0.321 e. The number of halogens is 2. The number of hydrogen-bond acceptors (Lipinski definition) is 6. The van der Waals surface area contributed by atoms with E-state index in [1.807, 2.05) is 18.2 Å². The molecule has 0 radical (unpaired) electrons. The fraction of sp³-hybridized carbons (Fsp3) is 0.227. The molecule has 0 spiro atoms. The SMILES string of the molecule is O=C(CSc1nnc(CC2CC(=O)NC(=O)N2)n1-c1ccc(F)cc1)NCc1ccccc1Cl. The number of carbonyl (C=O) groups excluding carboxylic acids is 3. The zero-order valence-electron chi connectivity index (χ0n) is 17.8. The predicted octanol–water partition coefficient (Wildman–Crippen LogP) is 2.61. The standard InChI is InChI=1S/C22H20ClFN6O3S/c23-17-4-2-1-3-13(17)11-25-20(32)12-34-22-29-28-18(9-15-10-19(31)27-21(33)26-15)30(22)16-7-5-14(24)6-8-16/h1-8,15H,9-12H2,(H,25,32)(H2,26,27,31,33). The Hall–Kier alpha value is -3.44. The molecule has 1 unspecified atom stereocenters. The van der Waals surface area contributed by atoms with Crippen LogP contribution in [0.2, 0.25) is 5.02 Å². The Bertz CT molecular complexity index is 1200. The minimum atomic E-state index is -0.570. The molecule has 0 aliphatic carbocycles. The number of hydrogen-bond donors (Lipinski definition) is 3. The van der Waals surface area contributed by atoms with E-state index in [1.165, 1.54) is 12.1 Å². The highest BCUT2D eigenvalue weighted by Crippen LogP contribution is 2.24. The van der Waals surface area contributed by atoms with E-state index >= 15 is 0 Å². The van der Waals surface area contributed by atoms with Crippen LogP contribution in [-0.4, -0.2) is 44.4 Å². The highest BCUT2D eigenvalue weighted by Gasteiger charge is 2.27. The summed E-state index contributed by atoms with van der Waals surface area (Å²) < 4.78 is 15.2. The van der Waals surface area contributed by atoms with Gasteiger partial charge >= 0.3 is 6.03 Å². The molecular formula is C22H20ClFN6O3S.